The highest BCUT2D eigenvalue weighted by molar-refractivity contribution is 7.90. The zero-order valence-corrected chi connectivity index (χ0v) is 19.1. The van der Waals surface area contributed by atoms with Crippen molar-refractivity contribution in [3.8, 4) is 0 Å². The highest BCUT2D eigenvalue weighted by Crippen LogP contribution is 2.16. The quantitative estimate of drug-likeness (QED) is 0.345. The number of benzene rings is 1. The van der Waals surface area contributed by atoms with Crippen LogP contribution in [0.5, 0.6) is 0 Å². The third kappa shape index (κ3) is 8.74. The molecule has 1 aliphatic heterocycles. The van der Waals surface area contributed by atoms with Crippen LogP contribution in [0.1, 0.15) is 51.5 Å². The Morgan fingerprint density at radius 3 is 2.59 bits per heavy atom. The lowest BCUT2D eigenvalue weighted by Gasteiger charge is -2.33. The van der Waals surface area contributed by atoms with Crippen molar-refractivity contribution in [1.82, 2.24) is 15.5 Å². The van der Waals surface area contributed by atoms with Gasteiger partial charge in [-0.2, -0.15) is 0 Å². The first-order chi connectivity index (χ1) is 13.9. The molecule has 1 aromatic rings. The summed E-state index contributed by atoms with van der Waals surface area (Å²) in [4.78, 5) is 7.67. The van der Waals surface area contributed by atoms with Crippen LogP contribution in [0.2, 0.25) is 0 Å². The Morgan fingerprint density at radius 1 is 1.17 bits per heavy atom. The third-order valence-electron chi connectivity index (χ3n) is 5.47. The number of nitrogens with zero attached hydrogens (tertiary/aromatic N) is 2. The first-order valence-corrected chi connectivity index (χ1v) is 12.8. The molecular formula is C22H38N4O2S. The summed E-state index contributed by atoms with van der Waals surface area (Å²) >= 11 is 0. The van der Waals surface area contributed by atoms with E-state index in [0.717, 1.165) is 50.0 Å². The molecule has 0 radical (unpaired) electrons. The molecule has 1 unspecified atom stereocenters. The van der Waals surface area contributed by atoms with Gasteiger partial charge in [-0.1, -0.05) is 18.6 Å². The lowest BCUT2D eigenvalue weighted by molar-refractivity contribution is 0.158. The number of aliphatic imine (C=N–C) groups is 1. The van der Waals surface area contributed by atoms with Crippen LogP contribution in [-0.2, 0) is 16.3 Å². The highest BCUT2D eigenvalue weighted by atomic mass is 32.2. The van der Waals surface area contributed by atoms with Crippen LogP contribution in [0.3, 0.4) is 0 Å². The molecule has 0 bridgehead atoms. The van der Waals surface area contributed by atoms with Crippen LogP contribution in [0.4, 0.5) is 0 Å². The minimum atomic E-state index is -3.13. The molecule has 164 valence electrons. The van der Waals surface area contributed by atoms with Gasteiger partial charge >= 0.3 is 0 Å². The molecule has 29 heavy (non-hydrogen) atoms. The molecule has 0 aromatic heterocycles. The fraction of sp³-hybridized carbons (Fsp3) is 0.682. The van der Waals surface area contributed by atoms with E-state index in [1.54, 1.807) is 12.1 Å². The summed E-state index contributed by atoms with van der Waals surface area (Å²) in [5, 5.41) is 6.67. The Morgan fingerprint density at radius 2 is 1.93 bits per heavy atom. The van der Waals surface area contributed by atoms with Gasteiger partial charge < -0.3 is 15.5 Å². The van der Waals surface area contributed by atoms with Crippen molar-refractivity contribution in [2.45, 2.75) is 63.3 Å². The van der Waals surface area contributed by atoms with Gasteiger partial charge in [0, 0.05) is 31.9 Å². The number of hydrogen-bond acceptors (Lipinski definition) is 4. The van der Waals surface area contributed by atoms with Crippen LogP contribution in [0.15, 0.2) is 34.2 Å². The molecule has 0 spiro atoms. The molecule has 1 aromatic carbocycles. The van der Waals surface area contributed by atoms with Crippen molar-refractivity contribution in [2.75, 3.05) is 39.0 Å². The second kappa shape index (κ2) is 12.2. The monoisotopic (exact) mass is 422 g/mol. The van der Waals surface area contributed by atoms with Crippen LogP contribution in [0.25, 0.3) is 0 Å². The van der Waals surface area contributed by atoms with Gasteiger partial charge in [0.25, 0.3) is 0 Å². The second-order valence-electron chi connectivity index (χ2n) is 7.94. The lowest BCUT2D eigenvalue weighted by atomic mass is 10.0. The van der Waals surface area contributed by atoms with Gasteiger partial charge in [0.15, 0.2) is 15.8 Å². The summed E-state index contributed by atoms with van der Waals surface area (Å²) in [6.07, 6.45) is 8.41. The summed E-state index contributed by atoms with van der Waals surface area (Å²) in [5.74, 6) is 0.853. The van der Waals surface area contributed by atoms with Gasteiger partial charge in [-0.3, -0.25) is 4.99 Å². The number of piperidine rings is 1. The second-order valence-corrected chi connectivity index (χ2v) is 9.96. The molecule has 1 atom stereocenters. The largest absolute Gasteiger partial charge is 0.357 e. The topological polar surface area (TPSA) is 73.8 Å². The van der Waals surface area contributed by atoms with Crippen LogP contribution in [-0.4, -0.2) is 64.3 Å². The van der Waals surface area contributed by atoms with Gasteiger partial charge in [-0.15, -0.1) is 0 Å². The maximum Gasteiger partial charge on any atom is 0.191 e. The number of sulfone groups is 1. The number of hydrogen-bond donors (Lipinski definition) is 2. The SMILES string of the molecule is CCNC(=NCCCCN1CCCCC1C)NCCc1ccc(S(C)(=O)=O)cc1. The minimum Gasteiger partial charge on any atom is -0.357 e. The van der Waals surface area contributed by atoms with Crippen LogP contribution in [0, 0.1) is 0 Å². The van der Waals surface area contributed by atoms with E-state index in [4.69, 9.17) is 0 Å². The predicted octanol–water partition coefficient (Wildman–Crippen LogP) is 2.84. The maximum absolute atomic E-state index is 11.5. The molecule has 1 saturated heterocycles. The average molecular weight is 423 g/mol. The van der Waals surface area contributed by atoms with Gasteiger partial charge in [0.05, 0.1) is 4.90 Å². The van der Waals surface area contributed by atoms with Crippen LogP contribution < -0.4 is 10.6 Å². The van der Waals surface area contributed by atoms with Gasteiger partial charge in [0.2, 0.25) is 0 Å². The van der Waals surface area contributed by atoms with E-state index < -0.39 is 9.84 Å². The molecule has 1 fully saturated rings. The van der Waals surface area contributed by atoms with E-state index in [2.05, 4.69) is 34.4 Å². The normalized spacial score (nSPS) is 18.6. The lowest BCUT2D eigenvalue weighted by Crippen LogP contribution is -2.38. The third-order valence-corrected chi connectivity index (χ3v) is 6.59. The van der Waals surface area contributed by atoms with Crippen molar-refractivity contribution in [1.29, 1.82) is 0 Å². The van der Waals surface area contributed by atoms with E-state index in [0.29, 0.717) is 4.90 Å². The van der Waals surface area contributed by atoms with Crippen molar-refractivity contribution in [3.63, 3.8) is 0 Å². The molecule has 0 saturated carbocycles. The Balaban J connectivity index is 1.70. The fourth-order valence-corrected chi connectivity index (χ4v) is 4.31. The van der Waals surface area contributed by atoms with E-state index in [1.807, 2.05) is 12.1 Å². The number of nitrogens with one attached hydrogen (secondary N) is 2. The van der Waals surface area contributed by atoms with E-state index in [9.17, 15) is 8.42 Å². The minimum absolute atomic E-state index is 0.364. The van der Waals surface area contributed by atoms with Gasteiger partial charge in [-0.05, 0) is 76.7 Å². The number of likely N-dealkylation sites (tertiary alicyclic amines) is 1. The standard InChI is InChI=1S/C22H38N4O2S/c1-4-23-22(24-15-6-8-18-26-17-7-5-9-19(26)2)25-16-14-20-10-12-21(13-11-20)29(3,27)28/h10-13,19H,4-9,14-18H2,1-3H3,(H2,23,24,25). The fourth-order valence-electron chi connectivity index (χ4n) is 3.68. The molecule has 2 rings (SSSR count). The smallest absolute Gasteiger partial charge is 0.191 e. The first-order valence-electron chi connectivity index (χ1n) is 11.0. The molecule has 0 aliphatic carbocycles. The summed E-state index contributed by atoms with van der Waals surface area (Å²) in [5.41, 5.74) is 1.11. The van der Waals surface area contributed by atoms with Crippen LogP contribution >= 0.6 is 0 Å². The summed E-state index contributed by atoms with van der Waals surface area (Å²) in [6, 6.07) is 7.84. The van der Waals surface area contributed by atoms with Crippen molar-refractivity contribution in [3.05, 3.63) is 29.8 Å². The number of guanidine groups is 1. The predicted molar refractivity (Wildman–Crippen MR) is 121 cm³/mol. The van der Waals surface area contributed by atoms with E-state index in [1.165, 1.54) is 45.0 Å². The first kappa shape index (κ1) is 23.7. The van der Waals surface area contributed by atoms with Gasteiger partial charge in [-0.25, -0.2) is 8.42 Å². The molecule has 6 nitrogen and oxygen atoms in total. The number of unbranched alkanes of at least 4 members (excludes halogenated alkanes) is 1. The molecular weight excluding hydrogens is 384 g/mol. The maximum atomic E-state index is 11.5. The van der Waals surface area contributed by atoms with Crippen molar-refractivity contribution >= 4 is 15.8 Å². The van der Waals surface area contributed by atoms with Gasteiger partial charge in [0.1, 0.15) is 0 Å². The molecule has 1 aliphatic rings. The zero-order chi connectivity index (χ0) is 21.1. The Bertz CT molecular complexity index is 732. The van der Waals surface area contributed by atoms with Crippen molar-refractivity contribution < 1.29 is 8.42 Å². The molecule has 1 heterocycles. The number of rotatable bonds is 10. The summed E-state index contributed by atoms with van der Waals surface area (Å²) in [7, 11) is -3.13. The zero-order valence-electron chi connectivity index (χ0n) is 18.3. The Kier molecular flexibility index (Phi) is 9.94. The molecule has 2 N–H and O–H groups in total. The average Bonchev–Trinajstić information content (AvgIpc) is 2.69. The van der Waals surface area contributed by atoms with Crippen molar-refractivity contribution in [2.24, 2.45) is 4.99 Å². The summed E-state index contributed by atoms with van der Waals surface area (Å²) in [6.45, 7) is 9.28. The van der Waals surface area contributed by atoms with E-state index >= 15 is 0 Å². The Hall–Kier alpha value is -1.60. The molecule has 0 amide bonds. The van der Waals surface area contributed by atoms with E-state index in [-0.39, 0.29) is 0 Å². The Labute approximate surface area is 177 Å². The molecule has 7 heteroatoms. The summed E-state index contributed by atoms with van der Waals surface area (Å²) < 4.78 is 23.1. The highest BCUT2D eigenvalue weighted by Gasteiger charge is 2.16.